The second kappa shape index (κ2) is 10.4. The molecule has 3 atom stereocenters. The van der Waals surface area contributed by atoms with Gasteiger partial charge in [0.05, 0.1) is 23.1 Å². The molecule has 2 saturated carbocycles. The van der Waals surface area contributed by atoms with Crippen molar-refractivity contribution in [1.29, 1.82) is 0 Å². The van der Waals surface area contributed by atoms with E-state index in [1.807, 2.05) is 37.3 Å². The van der Waals surface area contributed by atoms with Crippen LogP contribution >= 0.6 is 11.6 Å². The van der Waals surface area contributed by atoms with Crippen molar-refractivity contribution in [2.45, 2.75) is 69.7 Å². The molecule has 0 radical (unpaired) electrons. The van der Waals surface area contributed by atoms with Crippen molar-refractivity contribution in [3.63, 3.8) is 0 Å². The zero-order valence-corrected chi connectivity index (χ0v) is 22.9. The molecule has 2 aliphatic carbocycles. The highest BCUT2D eigenvalue weighted by Crippen LogP contribution is 2.57. The van der Waals surface area contributed by atoms with E-state index in [1.54, 1.807) is 7.11 Å². The first kappa shape index (κ1) is 26.2. The molecule has 0 aliphatic heterocycles. The van der Waals surface area contributed by atoms with Crippen LogP contribution in [0.1, 0.15) is 68.8 Å². The first-order valence-electron chi connectivity index (χ1n) is 13.5. The standard InChI is InChI=1S/C30H39ClN4O2/c1-29(13-14-29)22(21-9-4-5-10-23(21)31)16-27-33-24-12-11-20(15-25(24)34-27)30(2,18-37-3)28(36)35-26(17-32)19-7-6-8-19/h4-5,9-12,15,19,22,26H,6-8,13-14,16-18,32H2,1-3H3,(H,33,34)(H,35,36)/t22?,26-,30?/m0/s1. The van der Waals surface area contributed by atoms with Crippen LogP contribution in [0, 0.1) is 11.3 Å². The Kier molecular flexibility index (Phi) is 7.36. The Labute approximate surface area is 224 Å². The number of hydrogen-bond acceptors (Lipinski definition) is 4. The highest BCUT2D eigenvalue weighted by Gasteiger charge is 2.46. The van der Waals surface area contributed by atoms with E-state index in [0.717, 1.165) is 46.7 Å². The van der Waals surface area contributed by atoms with E-state index in [9.17, 15) is 4.79 Å². The molecule has 0 saturated heterocycles. The van der Waals surface area contributed by atoms with Gasteiger partial charge in [-0.1, -0.05) is 49.2 Å². The predicted octanol–water partition coefficient (Wildman–Crippen LogP) is 5.49. The van der Waals surface area contributed by atoms with Crippen molar-refractivity contribution in [3.8, 4) is 0 Å². The van der Waals surface area contributed by atoms with Crippen LogP contribution in [0.25, 0.3) is 11.0 Å². The lowest BCUT2D eigenvalue weighted by atomic mass is 9.78. The average molecular weight is 523 g/mol. The fourth-order valence-electron chi connectivity index (χ4n) is 5.83. The van der Waals surface area contributed by atoms with Crippen LogP contribution < -0.4 is 11.1 Å². The smallest absolute Gasteiger partial charge is 0.232 e. The maximum Gasteiger partial charge on any atom is 0.232 e. The summed E-state index contributed by atoms with van der Waals surface area (Å²) in [7, 11) is 1.64. The third-order valence-electron chi connectivity index (χ3n) is 8.95. The molecule has 2 aromatic carbocycles. The number of carbonyl (C=O) groups is 1. The first-order valence-corrected chi connectivity index (χ1v) is 13.9. The summed E-state index contributed by atoms with van der Waals surface area (Å²) in [6, 6.07) is 14.2. The SMILES string of the molecule is COCC(C)(C(=O)N[C@@H](CN)C1CCC1)c1ccc2[nH]c(CC(c3ccccc3Cl)C3(C)CC3)nc2c1. The van der Waals surface area contributed by atoms with E-state index < -0.39 is 5.41 Å². The molecule has 5 rings (SSSR count). The van der Waals surface area contributed by atoms with Crippen molar-refractivity contribution in [3.05, 3.63) is 64.4 Å². The summed E-state index contributed by atoms with van der Waals surface area (Å²) in [6.07, 6.45) is 6.64. The molecule has 7 heteroatoms. The molecular formula is C30H39ClN4O2. The van der Waals surface area contributed by atoms with Crippen LogP contribution in [0.15, 0.2) is 42.5 Å². The number of nitrogens with one attached hydrogen (secondary N) is 2. The quantitative estimate of drug-likeness (QED) is 0.310. The largest absolute Gasteiger partial charge is 0.383 e. The highest BCUT2D eigenvalue weighted by molar-refractivity contribution is 6.31. The monoisotopic (exact) mass is 522 g/mol. The van der Waals surface area contributed by atoms with E-state index in [2.05, 4.69) is 29.4 Å². The number of ether oxygens (including phenoxy) is 1. The Bertz CT molecular complexity index is 1270. The molecule has 6 nitrogen and oxygen atoms in total. The molecule has 1 aromatic heterocycles. The number of methoxy groups -OCH3 is 1. The fourth-order valence-corrected chi connectivity index (χ4v) is 6.10. The zero-order valence-electron chi connectivity index (χ0n) is 22.1. The molecule has 198 valence electrons. The maximum atomic E-state index is 13.6. The van der Waals surface area contributed by atoms with Crippen LogP contribution in [-0.4, -0.2) is 42.2 Å². The highest BCUT2D eigenvalue weighted by atomic mass is 35.5. The lowest BCUT2D eigenvalue weighted by molar-refractivity contribution is -0.129. The van der Waals surface area contributed by atoms with Gasteiger partial charge in [-0.15, -0.1) is 0 Å². The summed E-state index contributed by atoms with van der Waals surface area (Å²) in [4.78, 5) is 22.1. The third kappa shape index (κ3) is 5.16. The van der Waals surface area contributed by atoms with E-state index in [0.29, 0.717) is 18.4 Å². The Morgan fingerprint density at radius 1 is 1.30 bits per heavy atom. The Morgan fingerprint density at radius 2 is 2.05 bits per heavy atom. The van der Waals surface area contributed by atoms with Gasteiger partial charge >= 0.3 is 0 Å². The van der Waals surface area contributed by atoms with Crippen LogP contribution in [0.3, 0.4) is 0 Å². The van der Waals surface area contributed by atoms with Crippen LogP contribution in [0.4, 0.5) is 0 Å². The number of halogens is 1. The van der Waals surface area contributed by atoms with Crippen molar-refractivity contribution in [2.24, 2.45) is 17.1 Å². The van der Waals surface area contributed by atoms with Crippen LogP contribution in [0.5, 0.6) is 0 Å². The number of rotatable bonds is 11. The van der Waals surface area contributed by atoms with Crippen molar-refractivity contribution in [2.75, 3.05) is 20.3 Å². The van der Waals surface area contributed by atoms with E-state index in [4.69, 9.17) is 27.1 Å². The summed E-state index contributed by atoms with van der Waals surface area (Å²) >= 11 is 6.62. The molecule has 1 amide bonds. The average Bonchev–Trinajstić information content (AvgIpc) is 3.46. The Hall–Kier alpha value is -2.41. The van der Waals surface area contributed by atoms with Gasteiger partial charge in [-0.2, -0.15) is 0 Å². The summed E-state index contributed by atoms with van der Waals surface area (Å²) in [5, 5.41) is 4.05. The normalized spacial score (nSPS) is 20.1. The van der Waals surface area contributed by atoms with Gasteiger partial charge in [-0.05, 0) is 79.2 Å². The molecule has 2 aliphatic rings. The van der Waals surface area contributed by atoms with Gasteiger partial charge in [-0.3, -0.25) is 4.79 Å². The molecule has 2 fully saturated rings. The number of nitrogens with zero attached hydrogens (tertiary/aromatic N) is 1. The molecule has 3 aromatic rings. The van der Waals surface area contributed by atoms with Crippen molar-refractivity contribution < 1.29 is 9.53 Å². The van der Waals surface area contributed by atoms with Gasteiger partial charge < -0.3 is 20.8 Å². The maximum absolute atomic E-state index is 13.6. The van der Waals surface area contributed by atoms with Gasteiger partial charge in [-0.25, -0.2) is 4.98 Å². The molecule has 0 bridgehead atoms. The summed E-state index contributed by atoms with van der Waals surface area (Å²) in [6.45, 7) is 5.01. The molecule has 1 heterocycles. The molecule has 37 heavy (non-hydrogen) atoms. The number of H-pyrrole nitrogens is 1. The predicted molar refractivity (Wildman–Crippen MR) is 149 cm³/mol. The Morgan fingerprint density at radius 3 is 2.68 bits per heavy atom. The molecule has 2 unspecified atom stereocenters. The lowest BCUT2D eigenvalue weighted by Gasteiger charge is -2.36. The topological polar surface area (TPSA) is 93.0 Å². The number of imidazole rings is 1. The van der Waals surface area contributed by atoms with Crippen molar-refractivity contribution in [1.82, 2.24) is 15.3 Å². The summed E-state index contributed by atoms with van der Waals surface area (Å²) in [5.41, 5.74) is 9.32. The number of fused-ring (bicyclic) bond motifs is 1. The van der Waals surface area contributed by atoms with Gasteiger partial charge in [0.2, 0.25) is 5.91 Å². The van der Waals surface area contributed by atoms with Crippen LogP contribution in [0.2, 0.25) is 5.02 Å². The van der Waals surface area contributed by atoms with Gasteiger partial charge in [0.1, 0.15) is 5.82 Å². The first-order chi connectivity index (χ1) is 17.8. The zero-order chi connectivity index (χ0) is 26.2. The van der Waals surface area contributed by atoms with E-state index in [-0.39, 0.29) is 24.0 Å². The number of hydrogen-bond donors (Lipinski definition) is 3. The number of aromatic nitrogens is 2. The van der Waals surface area contributed by atoms with Crippen molar-refractivity contribution >= 4 is 28.5 Å². The molecule has 4 N–H and O–H groups in total. The number of carbonyl (C=O) groups excluding carboxylic acids is 1. The molecular weight excluding hydrogens is 484 g/mol. The minimum absolute atomic E-state index is 0.00341. The van der Waals surface area contributed by atoms with Gasteiger partial charge in [0, 0.05) is 31.1 Å². The van der Waals surface area contributed by atoms with Crippen LogP contribution in [-0.2, 0) is 21.4 Å². The Balaban J connectivity index is 1.41. The van der Waals surface area contributed by atoms with E-state index in [1.165, 1.54) is 24.8 Å². The van der Waals surface area contributed by atoms with Gasteiger partial charge in [0.15, 0.2) is 0 Å². The minimum atomic E-state index is -0.846. The fraction of sp³-hybridized carbons (Fsp3) is 0.533. The lowest BCUT2D eigenvalue weighted by Crippen LogP contribution is -2.54. The summed E-state index contributed by atoms with van der Waals surface area (Å²) in [5.74, 6) is 1.66. The number of aromatic amines is 1. The number of benzene rings is 2. The minimum Gasteiger partial charge on any atom is -0.383 e. The second-order valence-corrected chi connectivity index (χ2v) is 12.0. The molecule has 0 spiro atoms. The van der Waals surface area contributed by atoms with E-state index >= 15 is 0 Å². The van der Waals surface area contributed by atoms with Gasteiger partial charge in [0.25, 0.3) is 0 Å². The second-order valence-electron chi connectivity index (χ2n) is 11.6. The third-order valence-corrected chi connectivity index (χ3v) is 9.29. The summed E-state index contributed by atoms with van der Waals surface area (Å²) < 4.78 is 5.54. The number of amides is 1. The number of nitrogens with two attached hydrogens (primary N) is 1.